The number of carbonyl (C=O) groups excluding carboxylic acids is 1. The zero-order chi connectivity index (χ0) is 25.8. The predicted molar refractivity (Wildman–Crippen MR) is 141 cm³/mol. The Morgan fingerprint density at radius 3 is 1.94 bits per heavy atom. The Kier molecular flexibility index (Phi) is 10.9. The monoisotopic (exact) mass is 494 g/mol. The van der Waals surface area contributed by atoms with Gasteiger partial charge in [0.2, 0.25) is 5.82 Å². The molecule has 3 aromatic carbocycles. The number of rotatable bonds is 14. The van der Waals surface area contributed by atoms with Crippen LogP contribution in [0, 0.1) is 11.6 Å². The molecule has 0 aromatic heterocycles. The van der Waals surface area contributed by atoms with Crippen molar-refractivity contribution in [2.45, 2.75) is 71.6 Å². The minimum absolute atomic E-state index is 0.255. The molecular formula is C31H36F2O3. The Labute approximate surface area is 213 Å². The highest BCUT2D eigenvalue weighted by atomic mass is 19.2. The zero-order valence-electron chi connectivity index (χ0n) is 21.3. The van der Waals surface area contributed by atoms with Gasteiger partial charge in [-0.2, -0.15) is 4.39 Å². The molecule has 0 aliphatic carbocycles. The average Bonchev–Trinajstić information content (AvgIpc) is 2.90. The van der Waals surface area contributed by atoms with Gasteiger partial charge in [0.1, 0.15) is 5.75 Å². The summed E-state index contributed by atoms with van der Waals surface area (Å²) in [6, 6.07) is 17.4. The Hall–Kier alpha value is -3.21. The Balaban J connectivity index is 1.51. The highest BCUT2D eigenvalue weighted by Crippen LogP contribution is 2.26. The third kappa shape index (κ3) is 7.91. The predicted octanol–water partition coefficient (Wildman–Crippen LogP) is 8.93. The SMILES string of the molecule is CCCCCCCCCOc1ccc(-c2ccc(C(=O)Oc3ccc(CCC)c(F)c3F)cc2)cc1. The van der Waals surface area contributed by atoms with Gasteiger partial charge < -0.3 is 9.47 Å². The van der Waals surface area contributed by atoms with Crippen LogP contribution < -0.4 is 9.47 Å². The van der Waals surface area contributed by atoms with Crippen molar-refractivity contribution in [3.63, 3.8) is 0 Å². The molecule has 3 nitrogen and oxygen atoms in total. The molecule has 0 fully saturated rings. The van der Waals surface area contributed by atoms with Crippen LogP contribution in [0.5, 0.6) is 11.5 Å². The first-order valence-corrected chi connectivity index (χ1v) is 13.1. The van der Waals surface area contributed by atoms with E-state index in [9.17, 15) is 13.6 Å². The van der Waals surface area contributed by atoms with Gasteiger partial charge in [0.05, 0.1) is 12.2 Å². The molecule has 36 heavy (non-hydrogen) atoms. The Morgan fingerprint density at radius 1 is 0.694 bits per heavy atom. The quantitative estimate of drug-likeness (QED) is 0.127. The highest BCUT2D eigenvalue weighted by Gasteiger charge is 2.17. The second-order valence-electron chi connectivity index (χ2n) is 9.06. The lowest BCUT2D eigenvalue weighted by Gasteiger charge is -2.10. The maximum atomic E-state index is 14.3. The van der Waals surface area contributed by atoms with Gasteiger partial charge in [-0.05, 0) is 59.9 Å². The first-order valence-electron chi connectivity index (χ1n) is 13.1. The lowest BCUT2D eigenvalue weighted by atomic mass is 10.0. The van der Waals surface area contributed by atoms with E-state index in [1.807, 2.05) is 31.2 Å². The van der Waals surface area contributed by atoms with E-state index in [4.69, 9.17) is 9.47 Å². The van der Waals surface area contributed by atoms with Crippen molar-refractivity contribution in [3.8, 4) is 22.6 Å². The van der Waals surface area contributed by atoms with Gasteiger partial charge in [0.25, 0.3) is 0 Å². The molecule has 3 rings (SSSR count). The van der Waals surface area contributed by atoms with Crippen LogP contribution in [0.4, 0.5) is 8.78 Å². The maximum Gasteiger partial charge on any atom is 0.343 e. The third-order valence-electron chi connectivity index (χ3n) is 6.17. The second kappa shape index (κ2) is 14.4. The van der Waals surface area contributed by atoms with Crippen LogP contribution in [0.1, 0.15) is 81.1 Å². The van der Waals surface area contributed by atoms with Gasteiger partial charge in [0, 0.05) is 0 Å². The van der Waals surface area contributed by atoms with Crippen molar-refractivity contribution in [1.29, 1.82) is 0 Å². The number of hydrogen-bond acceptors (Lipinski definition) is 3. The Morgan fingerprint density at radius 2 is 1.31 bits per heavy atom. The van der Waals surface area contributed by atoms with Crippen molar-refractivity contribution >= 4 is 5.97 Å². The van der Waals surface area contributed by atoms with Crippen LogP contribution in [-0.2, 0) is 6.42 Å². The molecule has 0 radical (unpaired) electrons. The fraction of sp³-hybridized carbons (Fsp3) is 0.387. The van der Waals surface area contributed by atoms with Crippen molar-refractivity contribution in [2.75, 3.05) is 6.61 Å². The van der Waals surface area contributed by atoms with Crippen molar-refractivity contribution in [3.05, 3.63) is 83.4 Å². The molecular weight excluding hydrogens is 458 g/mol. The topological polar surface area (TPSA) is 35.5 Å². The smallest absolute Gasteiger partial charge is 0.343 e. The van der Waals surface area contributed by atoms with E-state index < -0.39 is 23.4 Å². The normalized spacial score (nSPS) is 10.9. The summed E-state index contributed by atoms with van der Waals surface area (Å²) in [5.74, 6) is -2.41. The van der Waals surface area contributed by atoms with Gasteiger partial charge in [-0.15, -0.1) is 0 Å². The molecule has 5 heteroatoms. The molecule has 0 unspecified atom stereocenters. The summed E-state index contributed by atoms with van der Waals surface area (Å²) in [6.45, 7) is 4.83. The first-order chi connectivity index (χ1) is 17.5. The lowest BCUT2D eigenvalue weighted by Crippen LogP contribution is -2.10. The minimum Gasteiger partial charge on any atom is -0.494 e. The fourth-order valence-electron chi connectivity index (χ4n) is 4.06. The number of hydrogen-bond donors (Lipinski definition) is 0. The number of unbranched alkanes of at least 4 members (excludes halogenated alkanes) is 6. The van der Waals surface area contributed by atoms with E-state index in [-0.39, 0.29) is 11.1 Å². The van der Waals surface area contributed by atoms with Crippen LogP contribution in [0.15, 0.2) is 60.7 Å². The molecule has 0 amide bonds. The maximum absolute atomic E-state index is 14.3. The van der Waals surface area contributed by atoms with Crippen LogP contribution >= 0.6 is 0 Å². The molecule has 0 heterocycles. The van der Waals surface area contributed by atoms with Crippen molar-refractivity contribution in [2.24, 2.45) is 0 Å². The molecule has 0 N–H and O–H groups in total. The van der Waals surface area contributed by atoms with Gasteiger partial charge >= 0.3 is 5.97 Å². The van der Waals surface area contributed by atoms with Gasteiger partial charge in [-0.1, -0.05) is 89.1 Å². The summed E-state index contributed by atoms with van der Waals surface area (Å²) in [4.78, 5) is 12.5. The van der Waals surface area contributed by atoms with Crippen LogP contribution in [0.2, 0.25) is 0 Å². The number of halogens is 2. The van der Waals surface area contributed by atoms with E-state index >= 15 is 0 Å². The highest BCUT2D eigenvalue weighted by molar-refractivity contribution is 5.91. The summed E-state index contributed by atoms with van der Waals surface area (Å²) < 4.78 is 39.4. The molecule has 0 atom stereocenters. The van der Waals surface area contributed by atoms with E-state index in [1.165, 1.54) is 50.7 Å². The largest absolute Gasteiger partial charge is 0.494 e. The number of aryl methyl sites for hydroxylation is 1. The first kappa shape index (κ1) is 27.4. The zero-order valence-corrected chi connectivity index (χ0v) is 21.3. The standard InChI is InChI=1S/C31H36F2O3/c1-3-5-6-7-8-9-10-22-35-27-19-16-24(17-20-27)23-12-14-26(15-13-23)31(34)36-28-21-18-25(11-4-2)29(32)30(28)33/h12-21H,3-11,22H2,1-2H3. The average molecular weight is 495 g/mol. The molecule has 0 spiro atoms. The second-order valence-corrected chi connectivity index (χ2v) is 9.06. The number of benzene rings is 3. The number of esters is 1. The molecule has 0 bridgehead atoms. The number of carbonyl (C=O) groups is 1. The lowest BCUT2D eigenvalue weighted by molar-refractivity contribution is 0.0726. The van der Waals surface area contributed by atoms with Crippen molar-refractivity contribution < 1.29 is 23.0 Å². The molecule has 0 aliphatic rings. The van der Waals surface area contributed by atoms with Gasteiger partial charge in [-0.3, -0.25) is 0 Å². The molecule has 0 saturated carbocycles. The fourth-order valence-corrected chi connectivity index (χ4v) is 4.06. The summed E-state index contributed by atoms with van der Waals surface area (Å²) in [7, 11) is 0. The van der Waals surface area contributed by atoms with E-state index in [1.54, 1.807) is 24.3 Å². The molecule has 192 valence electrons. The van der Waals surface area contributed by atoms with Crippen LogP contribution in [-0.4, -0.2) is 12.6 Å². The van der Waals surface area contributed by atoms with E-state index in [0.717, 1.165) is 29.9 Å². The van der Waals surface area contributed by atoms with Crippen LogP contribution in [0.3, 0.4) is 0 Å². The summed E-state index contributed by atoms with van der Waals surface area (Å²) in [6.07, 6.45) is 9.86. The minimum atomic E-state index is -1.14. The number of ether oxygens (including phenoxy) is 2. The van der Waals surface area contributed by atoms with Gasteiger partial charge in [-0.25, -0.2) is 9.18 Å². The molecule has 0 saturated heterocycles. The Bertz CT molecular complexity index is 1090. The third-order valence-corrected chi connectivity index (χ3v) is 6.17. The van der Waals surface area contributed by atoms with E-state index in [2.05, 4.69) is 6.92 Å². The van der Waals surface area contributed by atoms with E-state index in [0.29, 0.717) is 12.8 Å². The van der Waals surface area contributed by atoms with Crippen LogP contribution in [0.25, 0.3) is 11.1 Å². The van der Waals surface area contributed by atoms with Gasteiger partial charge in [0.15, 0.2) is 11.6 Å². The molecule has 3 aromatic rings. The summed E-state index contributed by atoms with van der Waals surface area (Å²) >= 11 is 0. The summed E-state index contributed by atoms with van der Waals surface area (Å²) in [5, 5.41) is 0. The molecule has 0 aliphatic heterocycles. The summed E-state index contributed by atoms with van der Waals surface area (Å²) in [5.41, 5.74) is 2.43. The van der Waals surface area contributed by atoms with Crippen molar-refractivity contribution in [1.82, 2.24) is 0 Å².